The van der Waals surface area contributed by atoms with Crippen molar-refractivity contribution < 1.29 is 32.9 Å². The lowest BCUT2D eigenvalue weighted by Gasteiger charge is -2.26. The van der Waals surface area contributed by atoms with E-state index in [0.717, 1.165) is 38.5 Å². The third-order valence-corrected chi connectivity index (χ3v) is 14.3. The molecule has 0 aromatic carbocycles. The molecule has 9 heteroatoms. The van der Waals surface area contributed by atoms with E-state index < -0.39 is 20.0 Å². The first-order valence-electron chi connectivity index (χ1n) is 28.4. The van der Waals surface area contributed by atoms with E-state index in [2.05, 4.69) is 19.2 Å². The summed E-state index contributed by atoms with van der Waals surface area (Å²) in [4.78, 5) is 23.3. The van der Waals surface area contributed by atoms with E-state index in [1.165, 1.54) is 231 Å². The van der Waals surface area contributed by atoms with Crippen LogP contribution in [-0.4, -0.2) is 73.4 Å². The number of quaternary nitrogens is 1. The largest absolute Gasteiger partial charge is 0.472 e. The van der Waals surface area contributed by atoms with Gasteiger partial charge in [0.2, 0.25) is 5.91 Å². The van der Waals surface area contributed by atoms with Crippen molar-refractivity contribution in [2.75, 3.05) is 40.9 Å². The van der Waals surface area contributed by atoms with Crippen LogP contribution in [-0.2, 0) is 18.4 Å². The summed E-state index contributed by atoms with van der Waals surface area (Å²) < 4.78 is 23.8. The molecule has 3 N–H and O–H groups in total. The lowest BCUT2D eigenvalue weighted by atomic mass is 10.0. The normalized spacial score (nSPS) is 13.9. The molecule has 384 valence electrons. The van der Waals surface area contributed by atoms with Gasteiger partial charge < -0.3 is 19.8 Å². The van der Waals surface area contributed by atoms with Crippen LogP contribution in [0, 0.1) is 0 Å². The number of unbranched alkanes of at least 4 members (excludes halogenated alkanes) is 40. The Morgan fingerprint density at radius 2 is 0.750 bits per heavy atom. The predicted octanol–water partition coefficient (Wildman–Crippen LogP) is 16.9. The van der Waals surface area contributed by atoms with E-state index in [0.29, 0.717) is 23.9 Å². The number of nitrogens with one attached hydrogen (secondary N) is 1. The highest BCUT2D eigenvalue weighted by atomic mass is 31.2. The van der Waals surface area contributed by atoms with Crippen molar-refractivity contribution in [3.05, 3.63) is 0 Å². The summed E-state index contributed by atoms with van der Waals surface area (Å²) in [6.07, 6.45) is 55.8. The maximum atomic E-state index is 13.0. The summed E-state index contributed by atoms with van der Waals surface area (Å²) in [5, 5.41) is 14.1. The number of aliphatic hydroxyl groups is 1. The van der Waals surface area contributed by atoms with Crippen LogP contribution >= 0.6 is 7.82 Å². The van der Waals surface area contributed by atoms with Crippen molar-refractivity contribution in [1.82, 2.24) is 5.32 Å². The topological polar surface area (TPSA) is 105 Å². The zero-order chi connectivity index (χ0) is 47.1. The average Bonchev–Trinajstić information content (AvgIpc) is 3.25. The van der Waals surface area contributed by atoms with Crippen molar-refractivity contribution in [1.29, 1.82) is 0 Å². The van der Waals surface area contributed by atoms with Crippen molar-refractivity contribution in [2.24, 2.45) is 0 Å². The van der Waals surface area contributed by atoms with Crippen LogP contribution in [0.25, 0.3) is 0 Å². The van der Waals surface area contributed by atoms with E-state index >= 15 is 0 Å². The second-order valence-electron chi connectivity index (χ2n) is 21.0. The molecule has 64 heavy (non-hydrogen) atoms. The maximum Gasteiger partial charge on any atom is 0.472 e. The number of nitrogens with zero attached hydrogens (tertiary/aromatic N) is 1. The number of carbonyl (C=O) groups excluding carboxylic acids is 1. The first-order chi connectivity index (χ1) is 31.0. The van der Waals surface area contributed by atoms with Crippen LogP contribution in [0.1, 0.15) is 296 Å². The molecule has 0 aliphatic rings. The third-order valence-electron chi connectivity index (χ3n) is 13.4. The molecule has 0 aromatic heterocycles. The van der Waals surface area contributed by atoms with Crippen LogP contribution in [0.4, 0.5) is 0 Å². The van der Waals surface area contributed by atoms with Gasteiger partial charge in [0.05, 0.1) is 39.9 Å². The van der Waals surface area contributed by atoms with E-state index in [4.69, 9.17) is 9.05 Å². The van der Waals surface area contributed by atoms with Crippen molar-refractivity contribution >= 4 is 13.7 Å². The van der Waals surface area contributed by atoms with Gasteiger partial charge in [0.1, 0.15) is 13.2 Å². The number of phosphoric ester groups is 1. The molecule has 0 saturated carbocycles. The highest BCUT2D eigenvalue weighted by Gasteiger charge is 2.28. The van der Waals surface area contributed by atoms with Gasteiger partial charge in [0, 0.05) is 6.42 Å². The molecular weight excluding hydrogens is 816 g/mol. The summed E-state index contributed by atoms with van der Waals surface area (Å²) in [5.74, 6) is -0.136. The number of likely N-dealkylation sites (N-methyl/N-ethyl adjacent to an activating group) is 1. The van der Waals surface area contributed by atoms with Gasteiger partial charge in [-0.1, -0.05) is 277 Å². The number of hydrogen-bond donors (Lipinski definition) is 3. The van der Waals surface area contributed by atoms with Crippen molar-refractivity contribution in [2.45, 2.75) is 309 Å². The van der Waals surface area contributed by atoms with Crippen LogP contribution in [0.3, 0.4) is 0 Å². The predicted molar refractivity (Wildman–Crippen MR) is 277 cm³/mol. The summed E-state index contributed by atoms with van der Waals surface area (Å²) in [7, 11) is 1.64. The molecule has 0 rings (SSSR count). The molecule has 3 atom stereocenters. The average molecular weight is 930 g/mol. The fourth-order valence-electron chi connectivity index (χ4n) is 8.87. The first kappa shape index (κ1) is 63.5. The molecule has 1 amide bonds. The molecule has 0 fully saturated rings. The van der Waals surface area contributed by atoms with E-state index in [1.54, 1.807) is 0 Å². The molecule has 0 bridgehead atoms. The molecule has 0 heterocycles. The van der Waals surface area contributed by atoms with E-state index in [-0.39, 0.29) is 19.1 Å². The lowest BCUT2D eigenvalue weighted by Crippen LogP contribution is -2.46. The van der Waals surface area contributed by atoms with E-state index in [1.807, 2.05) is 21.1 Å². The fraction of sp³-hybridized carbons (Fsp3) is 0.982. The standard InChI is InChI=1S/C55H113N2O6P/c1-6-8-10-12-14-16-18-20-22-24-25-26-27-28-29-30-31-33-35-37-39-41-43-45-47-49-55(59)56-53(52-63-64(60,61)62-51-50-57(3,4)5)54(58)48-46-44-42-40-38-36-34-32-23-21-19-17-15-13-11-9-7-2/h53-54,58H,6-52H2,1-5H3,(H-,56,59,60,61)/p+1. The highest BCUT2D eigenvalue weighted by Crippen LogP contribution is 2.43. The summed E-state index contributed by atoms with van der Waals surface area (Å²) in [5.41, 5.74) is 0. The molecule has 0 aliphatic heterocycles. The molecule has 0 aromatic rings. The number of phosphoric acid groups is 1. The van der Waals surface area contributed by atoms with Crippen LogP contribution in [0.5, 0.6) is 0 Å². The van der Waals surface area contributed by atoms with Gasteiger partial charge in [0.15, 0.2) is 0 Å². The molecule has 0 aliphatic carbocycles. The number of carbonyl (C=O) groups is 1. The Morgan fingerprint density at radius 1 is 0.469 bits per heavy atom. The van der Waals surface area contributed by atoms with Gasteiger partial charge in [-0.25, -0.2) is 4.57 Å². The lowest BCUT2D eigenvalue weighted by molar-refractivity contribution is -0.870. The Kier molecular flexibility index (Phi) is 47.2. The Morgan fingerprint density at radius 3 is 1.05 bits per heavy atom. The minimum Gasteiger partial charge on any atom is -0.391 e. The molecule has 8 nitrogen and oxygen atoms in total. The quantitative estimate of drug-likeness (QED) is 0.0319. The summed E-state index contributed by atoms with van der Waals surface area (Å²) >= 11 is 0. The maximum absolute atomic E-state index is 13.0. The van der Waals surface area contributed by atoms with Gasteiger partial charge in [0.25, 0.3) is 0 Å². The number of hydrogen-bond acceptors (Lipinski definition) is 5. The molecule has 0 spiro atoms. The second-order valence-corrected chi connectivity index (χ2v) is 22.5. The van der Waals surface area contributed by atoms with E-state index in [9.17, 15) is 19.4 Å². The van der Waals surface area contributed by atoms with Crippen LogP contribution < -0.4 is 5.32 Å². The molecular formula is C55H114N2O6P+. The molecule has 0 saturated heterocycles. The Labute approximate surface area is 399 Å². The molecule has 0 radical (unpaired) electrons. The minimum absolute atomic E-state index is 0.0791. The number of amides is 1. The zero-order valence-electron chi connectivity index (χ0n) is 43.8. The first-order valence-corrected chi connectivity index (χ1v) is 29.9. The van der Waals surface area contributed by atoms with Gasteiger partial charge >= 0.3 is 7.82 Å². The van der Waals surface area contributed by atoms with Crippen molar-refractivity contribution in [3.8, 4) is 0 Å². The van der Waals surface area contributed by atoms with Crippen LogP contribution in [0.15, 0.2) is 0 Å². The Bertz CT molecular complexity index is 1010. The summed E-state index contributed by atoms with van der Waals surface area (Å²) in [6.45, 7) is 4.94. The second kappa shape index (κ2) is 47.6. The monoisotopic (exact) mass is 930 g/mol. The fourth-order valence-corrected chi connectivity index (χ4v) is 9.61. The van der Waals surface area contributed by atoms with Gasteiger partial charge in [-0.05, 0) is 12.8 Å². The van der Waals surface area contributed by atoms with Gasteiger partial charge in [-0.2, -0.15) is 0 Å². The smallest absolute Gasteiger partial charge is 0.391 e. The van der Waals surface area contributed by atoms with Gasteiger partial charge in [-0.3, -0.25) is 13.8 Å². The zero-order valence-corrected chi connectivity index (χ0v) is 44.7. The Balaban J connectivity index is 4.10. The SMILES string of the molecule is CCCCCCCCCCCCCCCCCCCCCCCCCCCC(=O)NC(COP(=O)(O)OCC[N+](C)(C)C)C(O)CCCCCCCCCCCCCCCCCCC. The summed E-state index contributed by atoms with van der Waals surface area (Å²) in [6, 6.07) is -0.754. The molecule has 3 unspecified atom stereocenters. The Hall–Kier alpha value is -0.500. The highest BCUT2D eigenvalue weighted by molar-refractivity contribution is 7.47. The minimum atomic E-state index is -4.32. The number of rotatable bonds is 53. The van der Waals surface area contributed by atoms with Crippen molar-refractivity contribution in [3.63, 3.8) is 0 Å². The third kappa shape index (κ3) is 49.4. The number of aliphatic hydroxyl groups excluding tert-OH is 1. The van der Waals surface area contributed by atoms with Crippen LogP contribution in [0.2, 0.25) is 0 Å². The van der Waals surface area contributed by atoms with Gasteiger partial charge in [-0.15, -0.1) is 0 Å².